The highest BCUT2D eigenvalue weighted by molar-refractivity contribution is 8.00. The van der Waals surface area contributed by atoms with Crippen LogP contribution in [0.15, 0.2) is 6.33 Å². The van der Waals surface area contributed by atoms with Gasteiger partial charge in [0.15, 0.2) is 0 Å². The summed E-state index contributed by atoms with van der Waals surface area (Å²) in [6.45, 7) is 5.20. The maximum absolute atomic E-state index is 5.50. The van der Waals surface area contributed by atoms with Crippen molar-refractivity contribution in [3.63, 3.8) is 0 Å². The molecule has 0 amide bonds. The Hall–Kier alpha value is -1.01. The molecule has 1 saturated heterocycles. The SMILES string of the molecule is CC(C)c1c(NN)ncnc1NCC1CCCS1. The van der Waals surface area contributed by atoms with Crippen molar-refractivity contribution in [2.45, 2.75) is 37.9 Å². The van der Waals surface area contributed by atoms with Crippen molar-refractivity contribution in [2.75, 3.05) is 23.0 Å². The molecule has 6 heteroatoms. The highest BCUT2D eigenvalue weighted by Crippen LogP contribution is 2.30. The monoisotopic (exact) mass is 267 g/mol. The molecule has 0 radical (unpaired) electrons. The highest BCUT2D eigenvalue weighted by Gasteiger charge is 2.18. The molecule has 1 aromatic rings. The minimum atomic E-state index is 0.330. The molecule has 5 nitrogen and oxygen atoms in total. The van der Waals surface area contributed by atoms with Crippen LogP contribution in [-0.2, 0) is 0 Å². The van der Waals surface area contributed by atoms with Crippen LogP contribution < -0.4 is 16.6 Å². The van der Waals surface area contributed by atoms with Gasteiger partial charge < -0.3 is 10.7 Å². The quantitative estimate of drug-likeness (QED) is 0.561. The molecule has 100 valence electrons. The second-order valence-electron chi connectivity index (χ2n) is 4.80. The van der Waals surface area contributed by atoms with Gasteiger partial charge in [0, 0.05) is 17.4 Å². The molecule has 0 spiro atoms. The molecule has 4 N–H and O–H groups in total. The van der Waals surface area contributed by atoms with Crippen molar-refractivity contribution in [2.24, 2.45) is 5.84 Å². The Kier molecular flexibility index (Phi) is 4.66. The highest BCUT2D eigenvalue weighted by atomic mass is 32.2. The fourth-order valence-corrected chi connectivity index (χ4v) is 3.42. The van der Waals surface area contributed by atoms with Crippen LogP contribution in [0.4, 0.5) is 11.6 Å². The van der Waals surface area contributed by atoms with Crippen LogP contribution in [0.2, 0.25) is 0 Å². The number of hydrogen-bond acceptors (Lipinski definition) is 6. The van der Waals surface area contributed by atoms with Gasteiger partial charge in [-0.1, -0.05) is 13.8 Å². The van der Waals surface area contributed by atoms with E-state index >= 15 is 0 Å². The first-order valence-corrected chi connectivity index (χ1v) is 7.44. The Morgan fingerprint density at radius 1 is 1.44 bits per heavy atom. The zero-order valence-corrected chi connectivity index (χ0v) is 11.8. The fourth-order valence-electron chi connectivity index (χ4n) is 2.21. The summed E-state index contributed by atoms with van der Waals surface area (Å²) < 4.78 is 0. The molecule has 1 atom stereocenters. The molecular formula is C12H21N5S. The topological polar surface area (TPSA) is 75.9 Å². The minimum absolute atomic E-state index is 0.330. The Bertz CT molecular complexity index is 390. The Morgan fingerprint density at radius 2 is 2.22 bits per heavy atom. The van der Waals surface area contributed by atoms with E-state index in [1.54, 1.807) is 6.33 Å². The van der Waals surface area contributed by atoms with Crippen molar-refractivity contribution >= 4 is 23.4 Å². The van der Waals surface area contributed by atoms with Crippen LogP contribution in [0.3, 0.4) is 0 Å². The molecule has 1 aliphatic rings. The molecule has 1 unspecified atom stereocenters. The molecule has 2 rings (SSSR count). The summed E-state index contributed by atoms with van der Waals surface area (Å²) >= 11 is 2.04. The zero-order valence-electron chi connectivity index (χ0n) is 10.9. The first-order valence-electron chi connectivity index (χ1n) is 6.39. The minimum Gasteiger partial charge on any atom is -0.369 e. The first kappa shape index (κ1) is 13.4. The summed E-state index contributed by atoms with van der Waals surface area (Å²) in [5.41, 5.74) is 3.71. The standard InChI is InChI=1S/C12H21N5S/c1-8(2)10-11(15-7-16-12(10)17-13)14-6-9-4-3-5-18-9/h7-9H,3-6,13H2,1-2H3,(H2,14,15,16,17). The lowest BCUT2D eigenvalue weighted by Crippen LogP contribution is -2.18. The summed E-state index contributed by atoms with van der Waals surface area (Å²) in [4.78, 5) is 8.51. The van der Waals surface area contributed by atoms with E-state index in [-0.39, 0.29) is 0 Å². The number of nitrogens with zero attached hydrogens (tertiary/aromatic N) is 2. The van der Waals surface area contributed by atoms with Gasteiger partial charge in [0.2, 0.25) is 0 Å². The van der Waals surface area contributed by atoms with Gasteiger partial charge in [-0.05, 0) is 24.5 Å². The van der Waals surface area contributed by atoms with Crippen LogP contribution in [0.5, 0.6) is 0 Å². The molecule has 2 heterocycles. The molecule has 1 fully saturated rings. The molecule has 1 aromatic heterocycles. The van der Waals surface area contributed by atoms with Crippen molar-refractivity contribution in [3.8, 4) is 0 Å². The second kappa shape index (κ2) is 6.24. The van der Waals surface area contributed by atoms with Gasteiger partial charge in [0.25, 0.3) is 0 Å². The van der Waals surface area contributed by atoms with Gasteiger partial charge >= 0.3 is 0 Å². The average Bonchev–Trinajstić information content (AvgIpc) is 2.88. The van der Waals surface area contributed by atoms with Crippen molar-refractivity contribution in [1.82, 2.24) is 9.97 Å². The lowest BCUT2D eigenvalue weighted by Gasteiger charge is -2.17. The molecule has 0 saturated carbocycles. The molecule has 0 bridgehead atoms. The molecule has 0 aromatic carbocycles. The van der Waals surface area contributed by atoms with Gasteiger partial charge in [-0.25, -0.2) is 15.8 Å². The predicted molar refractivity (Wildman–Crippen MR) is 77.9 cm³/mol. The summed E-state index contributed by atoms with van der Waals surface area (Å²) in [6.07, 6.45) is 4.17. The molecule has 0 aliphatic carbocycles. The van der Waals surface area contributed by atoms with E-state index in [1.807, 2.05) is 11.8 Å². The van der Waals surface area contributed by atoms with Gasteiger partial charge in [0.05, 0.1) is 0 Å². The van der Waals surface area contributed by atoms with Crippen molar-refractivity contribution < 1.29 is 0 Å². The van der Waals surface area contributed by atoms with Crippen LogP contribution in [0.1, 0.15) is 38.2 Å². The number of nitrogen functional groups attached to an aromatic ring is 1. The average molecular weight is 267 g/mol. The van der Waals surface area contributed by atoms with Crippen LogP contribution in [0, 0.1) is 0 Å². The Labute approximate surface area is 112 Å². The largest absolute Gasteiger partial charge is 0.369 e. The number of nitrogens with one attached hydrogen (secondary N) is 2. The maximum atomic E-state index is 5.50. The normalized spacial score (nSPS) is 19.2. The van der Waals surface area contributed by atoms with E-state index in [2.05, 4.69) is 34.6 Å². The predicted octanol–water partition coefficient (Wildman–Crippen LogP) is 2.19. The zero-order chi connectivity index (χ0) is 13.0. The van der Waals surface area contributed by atoms with E-state index in [9.17, 15) is 0 Å². The van der Waals surface area contributed by atoms with Gasteiger partial charge in [-0.2, -0.15) is 11.8 Å². The summed E-state index contributed by atoms with van der Waals surface area (Å²) in [6, 6.07) is 0. The van der Waals surface area contributed by atoms with E-state index < -0.39 is 0 Å². The molecular weight excluding hydrogens is 246 g/mol. The number of anilines is 2. The van der Waals surface area contributed by atoms with Crippen molar-refractivity contribution in [3.05, 3.63) is 11.9 Å². The molecule has 1 aliphatic heterocycles. The Balaban J connectivity index is 2.10. The summed E-state index contributed by atoms with van der Waals surface area (Å²) in [5.74, 6) is 8.73. The third-order valence-electron chi connectivity index (χ3n) is 3.12. The Morgan fingerprint density at radius 3 is 2.83 bits per heavy atom. The number of aromatic nitrogens is 2. The van der Waals surface area contributed by atoms with E-state index in [1.165, 1.54) is 18.6 Å². The molecule has 18 heavy (non-hydrogen) atoms. The smallest absolute Gasteiger partial charge is 0.148 e. The van der Waals surface area contributed by atoms with Crippen LogP contribution in [-0.4, -0.2) is 27.5 Å². The number of rotatable bonds is 5. The summed E-state index contributed by atoms with van der Waals surface area (Å²) in [7, 11) is 0. The lowest BCUT2D eigenvalue weighted by atomic mass is 10.0. The third kappa shape index (κ3) is 3.05. The van der Waals surface area contributed by atoms with Crippen molar-refractivity contribution in [1.29, 1.82) is 0 Å². The van der Waals surface area contributed by atoms with E-state index in [4.69, 9.17) is 5.84 Å². The van der Waals surface area contributed by atoms with E-state index in [0.717, 1.165) is 17.9 Å². The van der Waals surface area contributed by atoms with E-state index in [0.29, 0.717) is 17.0 Å². The lowest BCUT2D eigenvalue weighted by molar-refractivity contribution is 0.795. The number of hydrogen-bond donors (Lipinski definition) is 3. The van der Waals surface area contributed by atoms with Crippen LogP contribution in [0.25, 0.3) is 0 Å². The third-order valence-corrected chi connectivity index (χ3v) is 4.52. The maximum Gasteiger partial charge on any atom is 0.148 e. The fraction of sp³-hybridized carbons (Fsp3) is 0.667. The van der Waals surface area contributed by atoms with Gasteiger partial charge in [-0.3, -0.25) is 0 Å². The first-order chi connectivity index (χ1) is 8.72. The summed E-state index contributed by atoms with van der Waals surface area (Å²) in [5, 5.41) is 4.15. The number of thioether (sulfide) groups is 1. The van der Waals surface area contributed by atoms with Gasteiger partial charge in [-0.15, -0.1) is 0 Å². The number of nitrogens with two attached hydrogens (primary N) is 1. The van der Waals surface area contributed by atoms with Crippen LogP contribution >= 0.6 is 11.8 Å². The second-order valence-corrected chi connectivity index (χ2v) is 6.21. The van der Waals surface area contributed by atoms with Gasteiger partial charge in [0.1, 0.15) is 18.0 Å². The number of hydrazine groups is 1.